The van der Waals surface area contributed by atoms with Gasteiger partial charge in [-0.2, -0.15) is 0 Å². The Balaban J connectivity index is 1.90. The maximum absolute atomic E-state index is 13.1. The van der Waals surface area contributed by atoms with Crippen LogP contribution in [0.15, 0.2) is 42.5 Å². The summed E-state index contributed by atoms with van der Waals surface area (Å²) < 4.78 is 10.7. The van der Waals surface area contributed by atoms with Crippen LogP contribution in [-0.4, -0.2) is 23.6 Å². The quantitative estimate of drug-likeness (QED) is 0.800. The van der Waals surface area contributed by atoms with Crippen molar-refractivity contribution < 1.29 is 14.3 Å². The zero-order valence-electron chi connectivity index (χ0n) is 13.8. The van der Waals surface area contributed by atoms with Gasteiger partial charge in [0.15, 0.2) is 11.5 Å². The molecule has 0 spiro atoms. The van der Waals surface area contributed by atoms with E-state index in [2.05, 4.69) is 13.8 Å². The zero-order chi connectivity index (χ0) is 17.1. The average Bonchev–Trinajstić information content (AvgIpc) is 3.08. The average molecular weight is 346 g/mol. The number of carbonyl (C=O) groups excluding carboxylic acids is 1. The van der Waals surface area contributed by atoms with Gasteiger partial charge in [0.05, 0.1) is 5.02 Å². The van der Waals surface area contributed by atoms with Gasteiger partial charge in [-0.1, -0.05) is 48.9 Å². The molecular weight excluding hydrogens is 326 g/mol. The molecular formula is C19H20ClNO3. The summed E-state index contributed by atoms with van der Waals surface area (Å²) in [5, 5.41) is 0.400. The first-order valence-corrected chi connectivity index (χ1v) is 8.42. The van der Waals surface area contributed by atoms with E-state index in [0.29, 0.717) is 28.6 Å². The van der Waals surface area contributed by atoms with Gasteiger partial charge in [-0.05, 0) is 31.0 Å². The number of rotatable bonds is 5. The first-order chi connectivity index (χ1) is 11.6. The summed E-state index contributed by atoms with van der Waals surface area (Å²) in [7, 11) is 0. The minimum Gasteiger partial charge on any atom is -0.454 e. The molecule has 0 saturated carbocycles. The molecule has 0 aliphatic carbocycles. The topological polar surface area (TPSA) is 38.8 Å². The number of ether oxygens (including phenoxy) is 2. The summed E-state index contributed by atoms with van der Waals surface area (Å²) in [6.45, 7) is 4.81. The summed E-state index contributed by atoms with van der Waals surface area (Å²) in [5.74, 6) is 0.967. The van der Waals surface area contributed by atoms with E-state index < -0.39 is 0 Å². The SMILES string of the molecule is CCC(C)N(Cc1ccccc1)C(=O)c1cc(Cl)c2c(c1)OCO2. The molecule has 0 saturated heterocycles. The highest BCUT2D eigenvalue weighted by molar-refractivity contribution is 6.32. The second-order valence-electron chi connectivity index (χ2n) is 5.87. The van der Waals surface area contributed by atoms with Crippen molar-refractivity contribution in [3.05, 3.63) is 58.6 Å². The maximum atomic E-state index is 13.1. The molecule has 1 heterocycles. The van der Waals surface area contributed by atoms with Crippen molar-refractivity contribution in [3.8, 4) is 11.5 Å². The Morgan fingerprint density at radius 1 is 1.25 bits per heavy atom. The van der Waals surface area contributed by atoms with Crippen LogP contribution in [0.2, 0.25) is 5.02 Å². The highest BCUT2D eigenvalue weighted by Crippen LogP contribution is 2.40. The van der Waals surface area contributed by atoms with Crippen LogP contribution in [0.4, 0.5) is 0 Å². The minimum atomic E-state index is -0.0617. The van der Waals surface area contributed by atoms with Crippen LogP contribution in [0.5, 0.6) is 11.5 Å². The summed E-state index contributed by atoms with van der Waals surface area (Å²) in [4.78, 5) is 14.9. The molecule has 0 aromatic heterocycles. The Hall–Kier alpha value is -2.20. The van der Waals surface area contributed by atoms with E-state index in [1.54, 1.807) is 12.1 Å². The predicted octanol–water partition coefficient (Wildman–Crippen LogP) is 4.51. The van der Waals surface area contributed by atoms with Crippen molar-refractivity contribution in [2.75, 3.05) is 6.79 Å². The fourth-order valence-electron chi connectivity index (χ4n) is 2.68. The summed E-state index contributed by atoms with van der Waals surface area (Å²) in [6.07, 6.45) is 0.872. The van der Waals surface area contributed by atoms with Crippen LogP contribution < -0.4 is 9.47 Å². The number of hydrogen-bond donors (Lipinski definition) is 0. The number of carbonyl (C=O) groups is 1. The van der Waals surface area contributed by atoms with E-state index in [0.717, 1.165) is 12.0 Å². The molecule has 4 nitrogen and oxygen atoms in total. The monoisotopic (exact) mass is 345 g/mol. The van der Waals surface area contributed by atoms with Crippen LogP contribution in [0, 0.1) is 0 Å². The molecule has 2 aromatic carbocycles. The van der Waals surface area contributed by atoms with E-state index in [9.17, 15) is 4.79 Å². The summed E-state index contributed by atoms with van der Waals surface area (Å²) in [5.41, 5.74) is 1.61. The van der Waals surface area contributed by atoms with Crippen molar-refractivity contribution in [2.45, 2.75) is 32.9 Å². The largest absolute Gasteiger partial charge is 0.454 e. The standard InChI is InChI=1S/C19H20ClNO3/c1-3-13(2)21(11-14-7-5-4-6-8-14)19(22)15-9-16(20)18-17(10-15)23-12-24-18/h4-10,13H,3,11-12H2,1-2H3. The van der Waals surface area contributed by atoms with Gasteiger partial charge in [-0.25, -0.2) is 0 Å². The van der Waals surface area contributed by atoms with Crippen LogP contribution in [0.3, 0.4) is 0 Å². The Labute approximate surface area is 146 Å². The number of amides is 1. The third-order valence-corrected chi connectivity index (χ3v) is 4.53. The van der Waals surface area contributed by atoms with E-state index in [1.807, 2.05) is 35.2 Å². The molecule has 5 heteroatoms. The van der Waals surface area contributed by atoms with Gasteiger partial charge in [0.2, 0.25) is 6.79 Å². The van der Waals surface area contributed by atoms with Gasteiger partial charge < -0.3 is 14.4 Å². The van der Waals surface area contributed by atoms with Gasteiger partial charge in [-0.3, -0.25) is 4.79 Å². The predicted molar refractivity (Wildman–Crippen MR) is 93.6 cm³/mol. The Bertz CT molecular complexity index is 733. The van der Waals surface area contributed by atoms with E-state index in [1.165, 1.54) is 0 Å². The number of nitrogens with zero attached hydrogens (tertiary/aromatic N) is 1. The van der Waals surface area contributed by atoms with Gasteiger partial charge >= 0.3 is 0 Å². The summed E-state index contributed by atoms with van der Waals surface area (Å²) in [6, 6.07) is 13.4. The molecule has 2 aromatic rings. The number of fused-ring (bicyclic) bond motifs is 1. The van der Waals surface area contributed by atoms with Gasteiger partial charge in [0.1, 0.15) is 0 Å². The fraction of sp³-hybridized carbons (Fsp3) is 0.316. The molecule has 1 amide bonds. The third-order valence-electron chi connectivity index (χ3n) is 4.25. The van der Waals surface area contributed by atoms with Crippen molar-refractivity contribution in [1.29, 1.82) is 0 Å². The number of hydrogen-bond acceptors (Lipinski definition) is 3. The van der Waals surface area contributed by atoms with Crippen molar-refractivity contribution in [1.82, 2.24) is 4.90 Å². The second kappa shape index (κ2) is 7.14. The molecule has 0 radical (unpaired) electrons. The molecule has 24 heavy (non-hydrogen) atoms. The maximum Gasteiger partial charge on any atom is 0.254 e. The van der Waals surface area contributed by atoms with Crippen molar-refractivity contribution in [2.24, 2.45) is 0 Å². The zero-order valence-corrected chi connectivity index (χ0v) is 14.5. The van der Waals surface area contributed by atoms with Crippen LogP contribution >= 0.6 is 11.6 Å². The lowest BCUT2D eigenvalue weighted by atomic mass is 10.1. The number of halogens is 1. The molecule has 0 N–H and O–H groups in total. The lowest BCUT2D eigenvalue weighted by molar-refractivity contribution is 0.0671. The molecule has 1 atom stereocenters. The van der Waals surface area contributed by atoms with E-state index in [4.69, 9.17) is 21.1 Å². The van der Waals surface area contributed by atoms with Crippen molar-refractivity contribution >= 4 is 17.5 Å². The smallest absolute Gasteiger partial charge is 0.254 e. The first kappa shape index (κ1) is 16.7. The molecule has 126 valence electrons. The van der Waals surface area contributed by atoms with E-state index >= 15 is 0 Å². The number of benzene rings is 2. The molecule has 0 bridgehead atoms. The molecule has 1 unspecified atom stereocenters. The summed E-state index contributed by atoms with van der Waals surface area (Å²) >= 11 is 6.22. The van der Waals surface area contributed by atoms with Gasteiger partial charge in [0, 0.05) is 18.2 Å². The normalized spacial score (nSPS) is 13.6. The van der Waals surface area contributed by atoms with Gasteiger partial charge in [-0.15, -0.1) is 0 Å². The first-order valence-electron chi connectivity index (χ1n) is 8.04. The lowest BCUT2D eigenvalue weighted by Crippen LogP contribution is -2.37. The van der Waals surface area contributed by atoms with Crippen LogP contribution in [0.25, 0.3) is 0 Å². The fourth-order valence-corrected chi connectivity index (χ4v) is 2.95. The Kier molecular flexibility index (Phi) is 4.95. The third kappa shape index (κ3) is 3.34. The van der Waals surface area contributed by atoms with Crippen LogP contribution in [0.1, 0.15) is 36.2 Å². The molecule has 1 aliphatic rings. The Morgan fingerprint density at radius 2 is 2.00 bits per heavy atom. The van der Waals surface area contributed by atoms with Crippen molar-refractivity contribution in [3.63, 3.8) is 0 Å². The van der Waals surface area contributed by atoms with Crippen LogP contribution in [-0.2, 0) is 6.54 Å². The minimum absolute atomic E-state index is 0.0617. The highest BCUT2D eigenvalue weighted by atomic mass is 35.5. The van der Waals surface area contributed by atoms with Gasteiger partial charge in [0.25, 0.3) is 5.91 Å². The molecule has 3 rings (SSSR count). The molecule has 0 fully saturated rings. The lowest BCUT2D eigenvalue weighted by Gasteiger charge is -2.29. The molecule has 1 aliphatic heterocycles. The second-order valence-corrected chi connectivity index (χ2v) is 6.27. The van der Waals surface area contributed by atoms with E-state index in [-0.39, 0.29) is 18.7 Å². The Morgan fingerprint density at radius 3 is 2.71 bits per heavy atom. The highest BCUT2D eigenvalue weighted by Gasteiger charge is 2.25.